The number of likely N-dealkylation sites (N-methyl/N-ethyl adjacent to an activating group) is 2. The molecule has 12 amide bonds. The van der Waals surface area contributed by atoms with E-state index in [0.29, 0.717) is 61.9 Å². The van der Waals surface area contributed by atoms with Gasteiger partial charge in [-0.05, 0) is 92.4 Å². The largest absolute Gasteiger partial charge is 0.445 e. The van der Waals surface area contributed by atoms with Crippen molar-refractivity contribution in [2.75, 3.05) is 53.3 Å². The van der Waals surface area contributed by atoms with Crippen molar-refractivity contribution in [2.45, 2.75) is 201 Å². The van der Waals surface area contributed by atoms with Crippen molar-refractivity contribution in [3.63, 3.8) is 0 Å². The Labute approximate surface area is 554 Å². The summed E-state index contributed by atoms with van der Waals surface area (Å²) in [5.41, 5.74) is 6.77. The predicted molar refractivity (Wildman–Crippen MR) is 353 cm³/mol. The highest BCUT2D eigenvalue weighted by Crippen LogP contribution is 2.31. The minimum Gasteiger partial charge on any atom is -0.445 e. The van der Waals surface area contributed by atoms with Crippen LogP contribution in [0.2, 0.25) is 0 Å². The van der Waals surface area contributed by atoms with Crippen molar-refractivity contribution in [3.8, 4) is 0 Å². The molecular weight excluding hydrogens is 1210 g/mol. The van der Waals surface area contributed by atoms with Crippen LogP contribution in [0.5, 0.6) is 0 Å². The molecule has 9 N–H and O–H groups in total. The molecule has 2 aromatic rings. The van der Waals surface area contributed by atoms with E-state index in [1.54, 1.807) is 109 Å². The second kappa shape index (κ2) is 38.4. The first-order valence-corrected chi connectivity index (χ1v) is 32.9. The van der Waals surface area contributed by atoms with Gasteiger partial charge in [0, 0.05) is 72.2 Å². The fourth-order valence-corrected chi connectivity index (χ4v) is 12.1. The first kappa shape index (κ1) is 78.5. The third-order valence-electron chi connectivity index (χ3n) is 17.7. The third kappa shape index (κ3) is 22.9. The van der Waals surface area contributed by atoms with E-state index in [0.717, 1.165) is 4.90 Å². The van der Waals surface area contributed by atoms with E-state index in [1.807, 2.05) is 32.0 Å². The number of nitrogens with two attached hydrogens (primary N) is 1. The maximum absolute atomic E-state index is 14.8. The Morgan fingerprint density at radius 2 is 1.35 bits per heavy atom. The summed E-state index contributed by atoms with van der Waals surface area (Å²) in [5, 5.41) is 27.6. The highest BCUT2D eigenvalue weighted by atomic mass is 16.6. The topological polar surface area (TPSA) is 347 Å². The van der Waals surface area contributed by atoms with Gasteiger partial charge in [0.25, 0.3) is 11.8 Å². The number of nitrogens with one attached hydrogen (secondary N) is 6. The maximum Gasteiger partial charge on any atom is 0.410 e. The number of hydrogen-bond acceptors (Lipinski definition) is 15. The van der Waals surface area contributed by atoms with Gasteiger partial charge in [-0.15, -0.1) is 0 Å². The van der Waals surface area contributed by atoms with Crippen LogP contribution in [0.25, 0.3) is 0 Å². The van der Waals surface area contributed by atoms with Gasteiger partial charge in [0.05, 0.1) is 48.8 Å². The molecule has 0 spiro atoms. The van der Waals surface area contributed by atoms with Crippen molar-refractivity contribution >= 4 is 71.0 Å². The molecule has 0 aromatic heterocycles. The summed E-state index contributed by atoms with van der Waals surface area (Å²) in [4.78, 5) is 152. The summed E-state index contributed by atoms with van der Waals surface area (Å²) in [6, 6.07) is 8.74. The molecular formula is C68H105N11O15. The minimum atomic E-state index is -1.11. The van der Waals surface area contributed by atoms with Gasteiger partial charge in [0.2, 0.25) is 41.4 Å². The number of carbonyl (C=O) groups excluding carboxylic acids is 11. The Balaban J connectivity index is 1.37. The number of amides is 12. The van der Waals surface area contributed by atoms with Crippen molar-refractivity contribution < 1.29 is 72.1 Å². The molecule has 1 fully saturated rings. The number of primary amides is 1. The number of aliphatic hydroxyl groups excluding tert-OH is 1. The second-order valence-corrected chi connectivity index (χ2v) is 25.8. The number of rotatable bonds is 38. The number of ether oxygens (including phenoxy) is 3. The Kier molecular flexibility index (Phi) is 32.1. The lowest BCUT2D eigenvalue weighted by Crippen LogP contribution is -2.60. The molecule has 522 valence electrons. The van der Waals surface area contributed by atoms with Crippen LogP contribution in [0.3, 0.4) is 0 Å². The van der Waals surface area contributed by atoms with Crippen LogP contribution in [-0.2, 0) is 64.0 Å². The minimum absolute atomic E-state index is 0.0841. The number of benzene rings is 2. The first-order chi connectivity index (χ1) is 44.5. The molecule has 0 aliphatic carbocycles. The molecule has 0 bridgehead atoms. The number of unbranched alkanes of at least 4 members (excludes halogenated alkanes) is 2. The van der Waals surface area contributed by atoms with Crippen LogP contribution in [0.1, 0.15) is 151 Å². The summed E-state index contributed by atoms with van der Waals surface area (Å²) in [6.07, 6.45) is 2.94. The standard InChI is InChI=1S/C68H105N11O15/c1-15-43(8)59(51(92-13)38-55(83)78-37-23-27-50(78)61(93-14)44(9)62(85)71-45(10)60(84)47-24-18-16-19-25-47)76(11)66(89)57(41(4)5)75-65(88)58(42(6)7)77(12)68(91)94-39-46-29-31-48(32-30-46)72-63(86)49(26-22-35-70-67(69)90)73-64(87)56(40(2)3)74-52(80)28-20-17-21-36-79-53(81)33-34-54(79)82/h16,18-19,24-25,29-34,40-45,49-51,56-61,84H,15,17,20-23,26-28,35-39H2,1-14H3,(H,71,85)(H,72,86)(H,73,87)(H,74,80)(H,75,88)(H3,69,70,90)/t43-,44+,45+,49+,50-,51+,56?,57-,58?,59-,60+,61+/m0/s1. The highest BCUT2D eigenvalue weighted by molar-refractivity contribution is 6.12. The van der Waals surface area contributed by atoms with Crippen molar-refractivity contribution in [3.05, 3.63) is 77.9 Å². The van der Waals surface area contributed by atoms with E-state index in [9.17, 15) is 57.8 Å². The molecule has 2 aromatic carbocycles. The van der Waals surface area contributed by atoms with Crippen LogP contribution in [0.4, 0.5) is 15.3 Å². The van der Waals surface area contributed by atoms with Crippen molar-refractivity contribution in [1.82, 2.24) is 46.2 Å². The molecule has 1 saturated heterocycles. The number of likely N-dealkylation sites (tertiary alicyclic amines) is 1. The lowest BCUT2D eigenvalue weighted by Gasteiger charge is -2.41. The molecule has 2 heterocycles. The van der Waals surface area contributed by atoms with Crippen LogP contribution in [0.15, 0.2) is 66.7 Å². The number of imide groups is 1. The van der Waals surface area contributed by atoms with E-state index in [1.165, 1.54) is 38.3 Å². The summed E-state index contributed by atoms with van der Waals surface area (Å²) in [5.74, 6) is -6.02. The maximum atomic E-state index is 14.8. The Hall–Kier alpha value is -7.97. The first-order valence-electron chi connectivity index (χ1n) is 32.9. The third-order valence-corrected chi connectivity index (χ3v) is 17.7. The molecule has 26 nitrogen and oxygen atoms in total. The van der Waals surface area contributed by atoms with Crippen molar-refractivity contribution in [2.24, 2.45) is 35.3 Å². The van der Waals surface area contributed by atoms with Gasteiger partial charge in [-0.25, -0.2) is 9.59 Å². The summed E-state index contributed by atoms with van der Waals surface area (Å²) < 4.78 is 17.7. The van der Waals surface area contributed by atoms with Gasteiger partial charge in [0.1, 0.15) is 30.8 Å². The zero-order valence-electron chi connectivity index (χ0n) is 57.4. The van der Waals surface area contributed by atoms with Gasteiger partial charge in [-0.2, -0.15) is 0 Å². The smallest absolute Gasteiger partial charge is 0.410 e. The predicted octanol–water partition coefficient (Wildman–Crippen LogP) is 5.08. The van der Waals surface area contributed by atoms with Gasteiger partial charge < -0.3 is 66.8 Å². The summed E-state index contributed by atoms with van der Waals surface area (Å²) in [7, 11) is 6.08. The Morgan fingerprint density at radius 3 is 1.93 bits per heavy atom. The second-order valence-electron chi connectivity index (χ2n) is 25.8. The zero-order chi connectivity index (χ0) is 70.1. The number of anilines is 1. The molecule has 2 aliphatic rings. The van der Waals surface area contributed by atoms with Gasteiger partial charge >= 0.3 is 12.1 Å². The van der Waals surface area contributed by atoms with Crippen LogP contribution < -0.4 is 37.6 Å². The highest BCUT2D eigenvalue weighted by Gasteiger charge is 2.44. The van der Waals surface area contributed by atoms with E-state index in [4.69, 9.17) is 19.9 Å². The molecule has 26 heteroatoms. The quantitative estimate of drug-likeness (QED) is 0.0321. The number of hydrogen-bond donors (Lipinski definition) is 8. The Morgan fingerprint density at radius 1 is 0.713 bits per heavy atom. The molecule has 94 heavy (non-hydrogen) atoms. The summed E-state index contributed by atoms with van der Waals surface area (Å²) >= 11 is 0. The SMILES string of the molecule is CC[C@H](C)[C@@H]([C@@H](CC(=O)N1CCC[C@H]1[C@H](OC)[C@@H](C)C(=O)N[C@H](C)[C@@H](O)c1ccccc1)OC)N(C)C(=O)[C@@H](NC(=O)C(C(C)C)N(C)C(=O)OCc1ccc(NC(=O)[C@@H](CCCNC(N)=O)NC(=O)C(NC(=O)CCCCCN2C(=O)C=CC2=O)C(C)C)cc1)C(C)C. The van der Waals surface area contributed by atoms with E-state index in [2.05, 4.69) is 31.9 Å². The van der Waals surface area contributed by atoms with Crippen molar-refractivity contribution in [1.29, 1.82) is 0 Å². The lowest BCUT2D eigenvalue weighted by molar-refractivity contribution is -0.148. The van der Waals surface area contributed by atoms with Gasteiger partial charge in [0.15, 0.2) is 0 Å². The number of carbonyl (C=O) groups is 11. The molecule has 2 aliphatic heterocycles. The lowest BCUT2D eigenvalue weighted by atomic mass is 9.89. The van der Waals surface area contributed by atoms with Gasteiger partial charge in [-0.1, -0.05) is 118 Å². The fraction of sp³-hybridized carbons (Fsp3) is 0.632. The average Bonchev–Trinajstić information content (AvgIpc) is 1.33. The van der Waals surface area contributed by atoms with Crippen LogP contribution in [0, 0.1) is 29.6 Å². The molecule has 2 unspecified atom stereocenters. The normalized spacial score (nSPS) is 17.4. The number of aliphatic hydroxyl groups is 1. The molecule has 0 radical (unpaired) electrons. The average molecular weight is 1320 g/mol. The van der Waals surface area contributed by atoms with E-state index in [-0.39, 0.29) is 86.8 Å². The van der Waals surface area contributed by atoms with Gasteiger partial charge in [-0.3, -0.25) is 53.0 Å². The fourth-order valence-electron chi connectivity index (χ4n) is 12.1. The number of methoxy groups -OCH3 is 2. The molecule has 4 rings (SSSR count). The van der Waals surface area contributed by atoms with E-state index >= 15 is 0 Å². The Bertz CT molecular complexity index is 2880. The van der Waals surface area contributed by atoms with E-state index < -0.39 is 114 Å². The molecule has 12 atom stereocenters. The van der Waals surface area contributed by atoms with Crippen LogP contribution >= 0.6 is 0 Å². The zero-order valence-corrected chi connectivity index (χ0v) is 57.4. The number of nitrogens with zero attached hydrogens (tertiary/aromatic N) is 4. The number of urea groups is 1. The summed E-state index contributed by atoms with van der Waals surface area (Å²) in [6.45, 7) is 18.6. The van der Waals surface area contributed by atoms with Crippen LogP contribution in [-0.4, -0.2) is 192 Å². The monoisotopic (exact) mass is 1320 g/mol. The molecule has 0 saturated carbocycles.